The number of anilines is 1. The molecule has 0 fully saturated rings. The van der Waals surface area contributed by atoms with E-state index in [0.717, 1.165) is 29.1 Å². The van der Waals surface area contributed by atoms with Crippen molar-refractivity contribution in [2.75, 3.05) is 25.5 Å². The standard InChI is InChI=1S/C12H18N4S/c1-8(5-13-3)6-14-11-10-4-9(2)17-12(10)16-7-15-11/h4,7-8,13H,5-6H2,1-3H3,(H,14,15,16). The first-order valence-electron chi connectivity index (χ1n) is 5.80. The van der Waals surface area contributed by atoms with E-state index >= 15 is 0 Å². The highest BCUT2D eigenvalue weighted by Gasteiger charge is 2.07. The first-order chi connectivity index (χ1) is 8.20. The van der Waals surface area contributed by atoms with Gasteiger partial charge in [-0.3, -0.25) is 0 Å². The fourth-order valence-corrected chi connectivity index (χ4v) is 2.66. The van der Waals surface area contributed by atoms with E-state index in [-0.39, 0.29) is 0 Å². The van der Waals surface area contributed by atoms with Crippen molar-refractivity contribution in [3.05, 3.63) is 17.3 Å². The monoisotopic (exact) mass is 250 g/mol. The van der Waals surface area contributed by atoms with Crippen LogP contribution < -0.4 is 10.6 Å². The normalized spacial score (nSPS) is 12.9. The highest BCUT2D eigenvalue weighted by atomic mass is 32.1. The Labute approximate surface area is 105 Å². The number of hydrogen-bond donors (Lipinski definition) is 2. The molecule has 0 aliphatic heterocycles. The first kappa shape index (κ1) is 12.3. The Morgan fingerprint density at radius 3 is 2.94 bits per heavy atom. The molecule has 1 atom stereocenters. The highest BCUT2D eigenvalue weighted by Crippen LogP contribution is 2.27. The Morgan fingerprint density at radius 2 is 2.18 bits per heavy atom. The van der Waals surface area contributed by atoms with E-state index in [4.69, 9.17) is 0 Å². The fourth-order valence-electron chi connectivity index (χ4n) is 1.81. The number of aromatic nitrogens is 2. The van der Waals surface area contributed by atoms with Gasteiger partial charge in [-0.15, -0.1) is 11.3 Å². The third-order valence-corrected chi connectivity index (χ3v) is 3.58. The minimum Gasteiger partial charge on any atom is -0.369 e. The van der Waals surface area contributed by atoms with E-state index in [1.54, 1.807) is 17.7 Å². The van der Waals surface area contributed by atoms with Gasteiger partial charge in [-0.25, -0.2) is 9.97 Å². The molecule has 0 amide bonds. The lowest BCUT2D eigenvalue weighted by Gasteiger charge is -2.12. The second kappa shape index (κ2) is 5.42. The summed E-state index contributed by atoms with van der Waals surface area (Å²) in [6, 6.07) is 2.14. The van der Waals surface area contributed by atoms with Gasteiger partial charge in [0, 0.05) is 11.4 Å². The largest absolute Gasteiger partial charge is 0.369 e. The van der Waals surface area contributed by atoms with Gasteiger partial charge in [-0.1, -0.05) is 6.92 Å². The van der Waals surface area contributed by atoms with Crippen LogP contribution in [-0.4, -0.2) is 30.1 Å². The van der Waals surface area contributed by atoms with Crippen LogP contribution in [-0.2, 0) is 0 Å². The molecule has 2 N–H and O–H groups in total. The number of nitrogens with one attached hydrogen (secondary N) is 2. The smallest absolute Gasteiger partial charge is 0.138 e. The summed E-state index contributed by atoms with van der Waals surface area (Å²) in [5, 5.41) is 7.71. The first-order valence-corrected chi connectivity index (χ1v) is 6.62. The lowest BCUT2D eigenvalue weighted by atomic mass is 10.2. The van der Waals surface area contributed by atoms with Crippen LogP contribution in [0.1, 0.15) is 11.8 Å². The maximum absolute atomic E-state index is 4.32. The van der Waals surface area contributed by atoms with E-state index in [9.17, 15) is 0 Å². The third kappa shape index (κ3) is 2.92. The molecular weight excluding hydrogens is 232 g/mol. The van der Waals surface area contributed by atoms with Crippen LogP contribution in [0.15, 0.2) is 12.4 Å². The quantitative estimate of drug-likeness (QED) is 0.854. The Bertz CT molecular complexity index is 494. The Morgan fingerprint density at radius 1 is 1.35 bits per heavy atom. The van der Waals surface area contributed by atoms with Gasteiger partial charge in [0.1, 0.15) is 17.0 Å². The van der Waals surface area contributed by atoms with Crippen molar-refractivity contribution in [2.24, 2.45) is 5.92 Å². The summed E-state index contributed by atoms with van der Waals surface area (Å²) in [5.74, 6) is 1.52. The lowest BCUT2D eigenvalue weighted by Crippen LogP contribution is -2.23. The van der Waals surface area contributed by atoms with Crippen LogP contribution in [0.25, 0.3) is 10.2 Å². The number of hydrogen-bond acceptors (Lipinski definition) is 5. The van der Waals surface area contributed by atoms with Crippen molar-refractivity contribution in [2.45, 2.75) is 13.8 Å². The van der Waals surface area contributed by atoms with Gasteiger partial charge in [-0.05, 0) is 32.5 Å². The SMILES string of the molecule is CNCC(C)CNc1ncnc2sc(C)cc12. The van der Waals surface area contributed by atoms with Crippen LogP contribution in [0.5, 0.6) is 0 Å². The van der Waals surface area contributed by atoms with Gasteiger partial charge in [0.15, 0.2) is 0 Å². The molecule has 2 aromatic rings. The number of nitrogens with zero attached hydrogens (tertiary/aromatic N) is 2. The van der Waals surface area contributed by atoms with Crippen LogP contribution in [0.4, 0.5) is 5.82 Å². The summed E-state index contributed by atoms with van der Waals surface area (Å²) in [6.45, 7) is 6.23. The maximum atomic E-state index is 4.32. The van der Waals surface area contributed by atoms with E-state index in [0.29, 0.717) is 5.92 Å². The summed E-state index contributed by atoms with van der Waals surface area (Å²) in [4.78, 5) is 10.9. The maximum Gasteiger partial charge on any atom is 0.138 e. The average Bonchev–Trinajstić information content (AvgIpc) is 2.67. The molecule has 0 saturated carbocycles. The zero-order valence-corrected chi connectivity index (χ0v) is 11.3. The minimum absolute atomic E-state index is 0.574. The molecule has 4 nitrogen and oxygen atoms in total. The Kier molecular flexibility index (Phi) is 3.91. The molecule has 2 aromatic heterocycles. The number of fused-ring (bicyclic) bond motifs is 1. The van der Waals surface area contributed by atoms with E-state index in [1.165, 1.54) is 4.88 Å². The van der Waals surface area contributed by atoms with Crippen LogP contribution in [0.3, 0.4) is 0 Å². The van der Waals surface area contributed by atoms with Crippen molar-refractivity contribution in [1.29, 1.82) is 0 Å². The molecule has 0 aromatic carbocycles. The topological polar surface area (TPSA) is 49.8 Å². The summed E-state index contributed by atoms with van der Waals surface area (Å²) in [5.41, 5.74) is 0. The number of rotatable bonds is 5. The molecular formula is C12H18N4S. The van der Waals surface area contributed by atoms with Gasteiger partial charge in [0.05, 0.1) is 5.39 Å². The van der Waals surface area contributed by atoms with Crippen molar-refractivity contribution in [3.63, 3.8) is 0 Å². The lowest BCUT2D eigenvalue weighted by molar-refractivity contribution is 0.569. The predicted molar refractivity (Wildman–Crippen MR) is 73.7 cm³/mol. The molecule has 0 aliphatic carbocycles. The summed E-state index contributed by atoms with van der Waals surface area (Å²) < 4.78 is 0. The van der Waals surface area contributed by atoms with Gasteiger partial charge >= 0.3 is 0 Å². The molecule has 92 valence electrons. The second-order valence-electron chi connectivity index (χ2n) is 4.34. The van der Waals surface area contributed by atoms with Crippen LogP contribution in [0, 0.1) is 12.8 Å². The summed E-state index contributed by atoms with van der Waals surface area (Å²) in [7, 11) is 1.97. The van der Waals surface area contributed by atoms with Gasteiger partial charge in [0.25, 0.3) is 0 Å². The molecule has 0 spiro atoms. The molecule has 1 unspecified atom stereocenters. The Hall–Kier alpha value is -1.20. The number of thiophene rings is 1. The Balaban J connectivity index is 2.12. The molecule has 0 radical (unpaired) electrons. The molecule has 2 heterocycles. The van der Waals surface area contributed by atoms with E-state index in [1.807, 2.05) is 7.05 Å². The zero-order chi connectivity index (χ0) is 12.3. The second-order valence-corrected chi connectivity index (χ2v) is 5.58. The number of aryl methyl sites for hydroxylation is 1. The highest BCUT2D eigenvalue weighted by molar-refractivity contribution is 7.18. The molecule has 5 heteroatoms. The van der Waals surface area contributed by atoms with Crippen LogP contribution >= 0.6 is 11.3 Å². The third-order valence-electron chi connectivity index (χ3n) is 2.62. The molecule has 2 rings (SSSR count). The molecule has 17 heavy (non-hydrogen) atoms. The van der Waals surface area contributed by atoms with Crippen molar-refractivity contribution in [3.8, 4) is 0 Å². The van der Waals surface area contributed by atoms with Crippen molar-refractivity contribution < 1.29 is 0 Å². The molecule has 0 saturated heterocycles. The van der Waals surface area contributed by atoms with E-state index in [2.05, 4.69) is 40.5 Å². The molecule has 0 bridgehead atoms. The van der Waals surface area contributed by atoms with Gasteiger partial charge < -0.3 is 10.6 Å². The fraction of sp³-hybridized carbons (Fsp3) is 0.500. The van der Waals surface area contributed by atoms with Crippen LogP contribution in [0.2, 0.25) is 0 Å². The average molecular weight is 250 g/mol. The van der Waals surface area contributed by atoms with Gasteiger partial charge in [0.2, 0.25) is 0 Å². The van der Waals surface area contributed by atoms with Gasteiger partial charge in [-0.2, -0.15) is 0 Å². The summed E-state index contributed by atoms with van der Waals surface area (Å²) >= 11 is 1.71. The van der Waals surface area contributed by atoms with E-state index < -0.39 is 0 Å². The van der Waals surface area contributed by atoms with Crippen molar-refractivity contribution >= 4 is 27.4 Å². The minimum atomic E-state index is 0.574. The van der Waals surface area contributed by atoms with Crippen molar-refractivity contribution in [1.82, 2.24) is 15.3 Å². The predicted octanol–water partition coefficient (Wildman–Crippen LogP) is 2.27. The zero-order valence-electron chi connectivity index (χ0n) is 10.4. The molecule has 0 aliphatic rings. The summed E-state index contributed by atoms with van der Waals surface area (Å²) in [6.07, 6.45) is 1.63.